The molecule has 1 aromatic carbocycles. The van der Waals surface area contributed by atoms with Crippen LogP contribution in [0, 0.1) is 12.8 Å². The Kier molecular flexibility index (Phi) is 4.58. The number of primary amides is 1. The molecule has 2 amide bonds. The van der Waals surface area contributed by atoms with Crippen LogP contribution in [0.15, 0.2) is 36.4 Å². The van der Waals surface area contributed by atoms with Crippen molar-refractivity contribution >= 4 is 22.8 Å². The van der Waals surface area contributed by atoms with E-state index in [0.29, 0.717) is 24.3 Å². The lowest BCUT2D eigenvalue weighted by Crippen LogP contribution is -2.44. The van der Waals surface area contributed by atoms with Crippen molar-refractivity contribution in [2.75, 3.05) is 13.1 Å². The minimum Gasteiger partial charge on any atom is -0.369 e. The van der Waals surface area contributed by atoms with Gasteiger partial charge in [-0.05, 0) is 25.8 Å². The van der Waals surface area contributed by atoms with Gasteiger partial charge in [-0.1, -0.05) is 30.3 Å². The van der Waals surface area contributed by atoms with Crippen molar-refractivity contribution in [3.05, 3.63) is 47.7 Å². The van der Waals surface area contributed by atoms with Crippen LogP contribution in [0.2, 0.25) is 0 Å². The summed E-state index contributed by atoms with van der Waals surface area (Å²) < 4.78 is 1.70. The number of nitrogens with two attached hydrogens (primary N) is 1. The van der Waals surface area contributed by atoms with Gasteiger partial charge in [-0.2, -0.15) is 5.10 Å². The van der Waals surface area contributed by atoms with Gasteiger partial charge in [-0.3, -0.25) is 14.3 Å². The Balaban J connectivity index is 1.83. The van der Waals surface area contributed by atoms with Gasteiger partial charge >= 0.3 is 0 Å². The van der Waals surface area contributed by atoms with Gasteiger partial charge in [-0.15, -0.1) is 0 Å². The minimum atomic E-state index is -0.347. The number of rotatable bonds is 3. The smallest absolute Gasteiger partial charge is 0.254 e. The van der Waals surface area contributed by atoms with Crippen LogP contribution in [0.5, 0.6) is 0 Å². The molecule has 7 nitrogen and oxygen atoms in total. The number of piperidine rings is 1. The molecule has 1 fully saturated rings. The molecule has 1 atom stereocenters. The van der Waals surface area contributed by atoms with E-state index < -0.39 is 0 Å². The molecule has 3 aromatic rings. The van der Waals surface area contributed by atoms with Crippen LogP contribution >= 0.6 is 0 Å². The molecule has 2 N–H and O–H groups in total. The first kappa shape index (κ1) is 18.2. The fourth-order valence-corrected chi connectivity index (χ4v) is 3.93. The molecule has 0 saturated carbocycles. The van der Waals surface area contributed by atoms with Crippen LogP contribution < -0.4 is 5.73 Å². The molecular weight excluding hydrogens is 354 g/mol. The van der Waals surface area contributed by atoms with Gasteiger partial charge in [0.1, 0.15) is 0 Å². The quantitative estimate of drug-likeness (QED) is 0.758. The van der Waals surface area contributed by atoms with Crippen LogP contribution in [0.25, 0.3) is 22.3 Å². The molecule has 2 aromatic heterocycles. The van der Waals surface area contributed by atoms with Gasteiger partial charge in [0, 0.05) is 25.7 Å². The van der Waals surface area contributed by atoms with Crippen LogP contribution in [-0.4, -0.2) is 44.6 Å². The van der Waals surface area contributed by atoms with E-state index in [2.05, 4.69) is 5.10 Å². The molecule has 0 bridgehead atoms. The van der Waals surface area contributed by atoms with E-state index in [9.17, 15) is 9.59 Å². The van der Waals surface area contributed by atoms with E-state index in [1.165, 1.54) is 0 Å². The maximum Gasteiger partial charge on any atom is 0.254 e. The topological polar surface area (TPSA) is 94.1 Å². The first-order chi connectivity index (χ1) is 13.5. The number of hydrogen-bond donors (Lipinski definition) is 1. The second-order valence-electron chi connectivity index (χ2n) is 7.32. The van der Waals surface area contributed by atoms with Crippen molar-refractivity contribution in [1.29, 1.82) is 0 Å². The molecule has 0 aliphatic carbocycles. The average Bonchev–Trinajstić information content (AvgIpc) is 3.01. The summed E-state index contributed by atoms with van der Waals surface area (Å²) in [6, 6.07) is 11.6. The van der Waals surface area contributed by atoms with Crippen molar-refractivity contribution in [2.24, 2.45) is 18.7 Å². The highest BCUT2D eigenvalue weighted by Crippen LogP contribution is 2.29. The molecular formula is C21H23N5O2. The number of aryl methyl sites for hydroxylation is 2. The zero-order valence-electron chi connectivity index (χ0n) is 16.1. The molecule has 1 saturated heterocycles. The number of benzene rings is 1. The standard InChI is InChI=1S/C21H23N5O2/c1-13-18-16(21(28)26-10-6-9-15(12-26)19(22)27)11-17(14-7-4-3-5-8-14)23-20(18)25(2)24-13/h3-5,7-8,11,15H,6,9-10,12H2,1-2H3,(H2,22,27). The number of carbonyl (C=O) groups excluding carboxylic acids is 2. The molecule has 3 heterocycles. The number of hydrogen-bond acceptors (Lipinski definition) is 4. The average molecular weight is 377 g/mol. The molecule has 28 heavy (non-hydrogen) atoms. The maximum atomic E-state index is 13.4. The molecule has 0 spiro atoms. The molecule has 0 radical (unpaired) electrons. The lowest BCUT2D eigenvalue weighted by Gasteiger charge is -2.31. The molecule has 4 rings (SSSR count). The first-order valence-electron chi connectivity index (χ1n) is 9.44. The summed E-state index contributed by atoms with van der Waals surface area (Å²) in [6.07, 6.45) is 1.50. The summed E-state index contributed by atoms with van der Waals surface area (Å²) >= 11 is 0. The van der Waals surface area contributed by atoms with Crippen molar-refractivity contribution in [3.63, 3.8) is 0 Å². The second kappa shape index (κ2) is 7.07. The van der Waals surface area contributed by atoms with E-state index in [1.807, 2.05) is 50.4 Å². The van der Waals surface area contributed by atoms with Crippen molar-refractivity contribution in [3.8, 4) is 11.3 Å². The van der Waals surface area contributed by atoms with Crippen molar-refractivity contribution in [2.45, 2.75) is 19.8 Å². The van der Waals surface area contributed by atoms with Gasteiger partial charge in [0.05, 0.1) is 28.3 Å². The largest absolute Gasteiger partial charge is 0.369 e. The van der Waals surface area contributed by atoms with E-state index in [1.54, 1.807) is 9.58 Å². The zero-order chi connectivity index (χ0) is 19.8. The summed E-state index contributed by atoms with van der Waals surface area (Å²) in [4.78, 5) is 31.5. The third-order valence-electron chi connectivity index (χ3n) is 5.38. The summed E-state index contributed by atoms with van der Waals surface area (Å²) in [5.74, 6) is -0.745. The number of carbonyl (C=O) groups is 2. The number of fused-ring (bicyclic) bond motifs is 1. The van der Waals surface area contributed by atoms with Gasteiger partial charge in [0.25, 0.3) is 5.91 Å². The Hall–Kier alpha value is -3.22. The predicted octanol–water partition coefficient (Wildman–Crippen LogP) is 2.28. The van der Waals surface area contributed by atoms with Crippen molar-refractivity contribution < 1.29 is 9.59 Å². The van der Waals surface area contributed by atoms with Crippen LogP contribution in [0.1, 0.15) is 28.9 Å². The second-order valence-corrected chi connectivity index (χ2v) is 7.32. The first-order valence-corrected chi connectivity index (χ1v) is 9.44. The monoisotopic (exact) mass is 377 g/mol. The Morgan fingerprint density at radius 3 is 2.68 bits per heavy atom. The van der Waals surface area contributed by atoms with E-state index in [4.69, 9.17) is 10.7 Å². The Morgan fingerprint density at radius 1 is 1.21 bits per heavy atom. The van der Waals surface area contributed by atoms with Crippen LogP contribution in [0.3, 0.4) is 0 Å². The fourth-order valence-electron chi connectivity index (χ4n) is 3.93. The Labute approximate surface area is 163 Å². The highest BCUT2D eigenvalue weighted by molar-refractivity contribution is 6.07. The molecule has 7 heteroatoms. The highest BCUT2D eigenvalue weighted by Gasteiger charge is 2.29. The Bertz CT molecular complexity index is 1060. The Morgan fingerprint density at radius 2 is 1.96 bits per heavy atom. The molecule has 144 valence electrons. The lowest BCUT2D eigenvalue weighted by atomic mass is 9.96. The summed E-state index contributed by atoms with van der Waals surface area (Å²) in [5.41, 5.74) is 9.15. The summed E-state index contributed by atoms with van der Waals surface area (Å²) in [7, 11) is 1.83. The van der Waals surface area contributed by atoms with Gasteiger partial charge in [0.15, 0.2) is 5.65 Å². The van der Waals surface area contributed by atoms with E-state index >= 15 is 0 Å². The van der Waals surface area contributed by atoms with E-state index in [0.717, 1.165) is 35.2 Å². The van der Waals surface area contributed by atoms with E-state index in [-0.39, 0.29) is 17.7 Å². The zero-order valence-corrected chi connectivity index (χ0v) is 16.1. The number of pyridine rings is 1. The van der Waals surface area contributed by atoms with Gasteiger partial charge < -0.3 is 10.6 Å². The lowest BCUT2D eigenvalue weighted by molar-refractivity contribution is -0.123. The molecule has 1 aliphatic heterocycles. The fraction of sp³-hybridized carbons (Fsp3) is 0.333. The molecule has 1 unspecified atom stereocenters. The third-order valence-corrected chi connectivity index (χ3v) is 5.38. The summed E-state index contributed by atoms with van der Waals surface area (Å²) in [5, 5.41) is 5.22. The number of likely N-dealkylation sites (tertiary alicyclic amines) is 1. The maximum absolute atomic E-state index is 13.4. The highest BCUT2D eigenvalue weighted by atomic mass is 16.2. The van der Waals surface area contributed by atoms with Crippen LogP contribution in [-0.2, 0) is 11.8 Å². The number of nitrogens with zero attached hydrogens (tertiary/aromatic N) is 4. The van der Waals surface area contributed by atoms with Crippen molar-refractivity contribution in [1.82, 2.24) is 19.7 Å². The SMILES string of the molecule is Cc1nn(C)c2nc(-c3ccccc3)cc(C(=O)N3CCCC(C(N)=O)C3)c12. The minimum absolute atomic E-state index is 0.105. The number of amides is 2. The number of aromatic nitrogens is 3. The van der Waals surface area contributed by atoms with Crippen LogP contribution in [0.4, 0.5) is 0 Å². The van der Waals surface area contributed by atoms with Gasteiger partial charge in [-0.25, -0.2) is 4.98 Å². The summed E-state index contributed by atoms with van der Waals surface area (Å²) in [6.45, 7) is 2.86. The van der Waals surface area contributed by atoms with Gasteiger partial charge in [0.2, 0.25) is 5.91 Å². The predicted molar refractivity (Wildman–Crippen MR) is 107 cm³/mol. The third kappa shape index (κ3) is 3.13. The normalized spacial score (nSPS) is 17.1. The molecule has 1 aliphatic rings.